The lowest BCUT2D eigenvalue weighted by Crippen LogP contribution is -2.27. The minimum atomic E-state index is -0.166. The van der Waals surface area contributed by atoms with E-state index in [-0.39, 0.29) is 18.4 Å². The second kappa shape index (κ2) is 6.48. The number of aromatic nitrogens is 2. The molecule has 1 aliphatic rings. The summed E-state index contributed by atoms with van der Waals surface area (Å²) >= 11 is 1.36. The van der Waals surface area contributed by atoms with Crippen LogP contribution >= 0.6 is 11.3 Å². The summed E-state index contributed by atoms with van der Waals surface area (Å²) in [5, 5.41) is 9.02. The van der Waals surface area contributed by atoms with E-state index in [1.165, 1.54) is 11.3 Å². The molecule has 0 radical (unpaired) electrons. The van der Waals surface area contributed by atoms with Gasteiger partial charge in [0.05, 0.1) is 23.3 Å². The molecule has 2 N–H and O–H groups in total. The number of thiazole rings is 1. The molecular formula is C17H15N5O2S. The summed E-state index contributed by atoms with van der Waals surface area (Å²) in [6, 6.07) is 9.32. The van der Waals surface area contributed by atoms with Gasteiger partial charge in [-0.15, -0.1) is 11.3 Å². The molecule has 126 valence electrons. The van der Waals surface area contributed by atoms with Crippen molar-refractivity contribution in [2.24, 2.45) is 0 Å². The van der Waals surface area contributed by atoms with Gasteiger partial charge in [0.25, 0.3) is 0 Å². The zero-order valence-electron chi connectivity index (χ0n) is 13.2. The van der Waals surface area contributed by atoms with Gasteiger partial charge >= 0.3 is 6.03 Å². The Morgan fingerprint density at radius 3 is 3.04 bits per heavy atom. The molecule has 25 heavy (non-hydrogen) atoms. The lowest BCUT2D eigenvalue weighted by molar-refractivity contribution is -0.115. The molecule has 3 aromatic rings. The van der Waals surface area contributed by atoms with Crippen molar-refractivity contribution >= 4 is 45.0 Å². The number of hydrogen-bond donors (Lipinski definition) is 2. The van der Waals surface area contributed by atoms with Crippen molar-refractivity contribution in [2.75, 3.05) is 23.3 Å². The zero-order valence-corrected chi connectivity index (χ0v) is 14.0. The van der Waals surface area contributed by atoms with E-state index in [0.29, 0.717) is 29.6 Å². The summed E-state index contributed by atoms with van der Waals surface area (Å²) in [7, 11) is 0. The van der Waals surface area contributed by atoms with E-state index >= 15 is 0 Å². The number of benzene rings is 1. The van der Waals surface area contributed by atoms with Gasteiger partial charge in [0.15, 0.2) is 5.13 Å². The predicted molar refractivity (Wildman–Crippen MR) is 96.9 cm³/mol. The SMILES string of the molecule is O=C(Cc1csc(N2CCNC2=O)n1)Nc1cccc2cccnc12. The largest absolute Gasteiger partial charge is 0.336 e. The van der Waals surface area contributed by atoms with Gasteiger partial charge in [-0.3, -0.25) is 14.7 Å². The molecule has 1 aliphatic heterocycles. The summed E-state index contributed by atoms with van der Waals surface area (Å²) in [5.74, 6) is -0.166. The van der Waals surface area contributed by atoms with Crippen LogP contribution in [0.4, 0.5) is 15.6 Å². The monoisotopic (exact) mass is 353 g/mol. The molecular weight excluding hydrogens is 338 g/mol. The first-order valence-corrected chi connectivity index (χ1v) is 8.72. The minimum Gasteiger partial charge on any atom is -0.336 e. The second-order valence-corrected chi connectivity index (χ2v) is 6.45. The average molecular weight is 353 g/mol. The number of nitrogens with zero attached hydrogens (tertiary/aromatic N) is 3. The number of fused-ring (bicyclic) bond motifs is 1. The van der Waals surface area contributed by atoms with Gasteiger partial charge < -0.3 is 10.6 Å². The Kier molecular flexibility index (Phi) is 4.02. The van der Waals surface area contributed by atoms with Crippen molar-refractivity contribution < 1.29 is 9.59 Å². The molecule has 0 saturated carbocycles. The summed E-state index contributed by atoms with van der Waals surface area (Å²) < 4.78 is 0. The van der Waals surface area contributed by atoms with Crippen molar-refractivity contribution in [2.45, 2.75) is 6.42 Å². The third kappa shape index (κ3) is 3.16. The van der Waals surface area contributed by atoms with Crippen LogP contribution in [-0.2, 0) is 11.2 Å². The first-order valence-electron chi connectivity index (χ1n) is 7.84. The Morgan fingerprint density at radius 2 is 2.20 bits per heavy atom. The topological polar surface area (TPSA) is 87.2 Å². The van der Waals surface area contributed by atoms with Gasteiger partial charge in [0.1, 0.15) is 0 Å². The van der Waals surface area contributed by atoms with Crippen LogP contribution in [0.3, 0.4) is 0 Å². The van der Waals surface area contributed by atoms with Crippen LogP contribution in [-0.4, -0.2) is 35.0 Å². The Balaban J connectivity index is 1.47. The number of para-hydroxylation sites is 1. The molecule has 8 heteroatoms. The molecule has 3 amide bonds. The van der Waals surface area contributed by atoms with Gasteiger partial charge in [-0.05, 0) is 12.1 Å². The van der Waals surface area contributed by atoms with Crippen LogP contribution in [0, 0.1) is 0 Å². The molecule has 0 unspecified atom stereocenters. The standard InChI is InChI=1S/C17H15N5O2S/c23-14(21-13-5-1-3-11-4-2-6-18-15(11)13)9-12-10-25-17(20-12)22-8-7-19-16(22)24/h1-6,10H,7-9H2,(H,19,24)(H,21,23). The maximum absolute atomic E-state index is 12.4. The predicted octanol–water partition coefficient (Wildman–Crippen LogP) is 2.40. The first-order chi connectivity index (χ1) is 12.2. The molecule has 3 heterocycles. The molecule has 4 rings (SSSR count). The number of carbonyl (C=O) groups is 2. The fraction of sp³-hybridized carbons (Fsp3) is 0.176. The molecule has 0 bridgehead atoms. The van der Waals surface area contributed by atoms with Crippen LogP contribution < -0.4 is 15.5 Å². The van der Waals surface area contributed by atoms with Crippen LogP contribution in [0.15, 0.2) is 41.9 Å². The van der Waals surface area contributed by atoms with E-state index in [1.807, 2.05) is 35.7 Å². The molecule has 1 aromatic carbocycles. The van der Waals surface area contributed by atoms with E-state index in [4.69, 9.17) is 0 Å². The first kappa shape index (κ1) is 15.5. The fourth-order valence-corrected chi connectivity index (χ4v) is 3.57. The van der Waals surface area contributed by atoms with E-state index in [0.717, 1.165) is 10.9 Å². The van der Waals surface area contributed by atoms with Crippen molar-refractivity contribution in [1.29, 1.82) is 0 Å². The number of anilines is 2. The number of carbonyl (C=O) groups excluding carboxylic acids is 2. The fourth-order valence-electron chi connectivity index (χ4n) is 2.72. The van der Waals surface area contributed by atoms with E-state index in [9.17, 15) is 9.59 Å². The Hall–Kier alpha value is -3.00. The third-order valence-corrected chi connectivity index (χ3v) is 4.79. The maximum Gasteiger partial charge on any atom is 0.323 e. The van der Waals surface area contributed by atoms with Crippen molar-refractivity contribution in [3.8, 4) is 0 Å². The average Bonchev–Trinajstić information content (AvgIpc) is 3.24. The molecule has 0 spiro atoms. The highest BCUT2D eigenvalue weighted by molar-refractivity contribution is 7.14. The lowest BCUT2D eigenvalue weighted by atomic mass is 10.2. The quantitative estimate of drug-likeness (QED) is 0.754. The Bertz CT molecular complexity index is 950. The molecule has 7 nitrogen and oxygen atoms in total. The summed E-state index contributed by atoms with van der Waals surface area (Å²) in [6.45, 7) is 1.21. The van der Waals surface area contributed by atoms with E-state index in [2.05, 4.69) is 20.6 Å². The number of urea groups is 1. The van der Waals surface area contributed by atoms with Gasteiger partial charge in [-0.2, -0.15) is 0 Å². The number of nitrogens with one attached hydrogen (secondary N) is 2. The number of rotatable bonds is 4. The second-order valence-electron chi connectivity index (χ2n) is 5.61. The molecule has 0 aliphatic carbocycles. The molecule has 1 fully saturated rings. The van der Waals surface area contributed by atoms with Crippen molar-refractivity contribution in [3.05, 3.63) is 47.6 Å². The van der Waals surface area contributed by atoms with Crippen molar-refractivity contribution in [1.82, 2.24) is 15.3 Å². The highest BCUT2D eigenvalue weighted by Gasteiger charge is 2.24. The summed E-state index contributed by atoms with van der Waals surface area (Å²) in [6.07, 6.45) is 1.85. The minimum absolute atomic E-state index is 0.146. The number of amides is 3. The summed E-state index contributed by atoms with van der Waals surface area (Å²) in [5.41, 5.74) is 2.08. The highest BCUT2D eigenvalue weighted by atomic mass is 32.1. The highest BCUT2D eigenvalue weighted by Crippen LogP contribution is 2.23. The molecule has 2 aromatic heterocycles. The Morgan fingerprint density at radius 1 is 1.32 bits per heavy atom. The number of hydrogen-bond acceptors (Lipinski definition) is 5. The smallest absolute Gasteiger partial charge is 0.323 e. The molecule has 0 atom stereocenters. The van der Waals surface area contributed by atoms with Gasteiger partial charge in [-0.1, -0.05) is 18.2 Å². The van der Waals surface area contributed by atoms with Gasteiger partial charge in [-0.25, -0.2) is 9.78 Å². The third-order valence-electron chi connectivity index (χ3n) is 3.88. The maximum atomic E-state index is 12.4. The van der Waals surface area contributed by atoms with Crippen LogP contribution in [0.1, 0.15) is 5.69 Å². The number of pyridine rings is 1. The van der Waals surface area contributed by atoms with E-state index < -0.39 is 0 Å². The van der Waals surface area contributed by atoms with Crippen LogP contribution in [0.5, 0.6) is 0 Å². The summed E-state index contributed by atoms with van der Waals surface area (Å²) in [4.78, 5) is 34.3. The Labute approximate surface area is 147 Å². The zero-order chi connectivity index (χ0) is 17.2. The lowest BCUT2D eigenvalue weighted by Gasteiger charge is -2.09. The van der Waals surface area contributed by atoms with Crippen LogP contribution in [0.25, 0.3) is 10.9 Å². The normalized spacial score (nSPS) is 13.9. The van der Waals surface area contributed by atoms with Gasteiger partial charge in [0, 0.05) is 30.1 Å². The van der Waals surface area contributed by atoms with Gasteiger partial charge in [0.2, 0.25) is 5.91 Å². The van der Waals surface area contributed by atoms with E-state index in [1.54, 1.807) is 11.1 Å². The van der Waals surface area contributed by atoms with Crippen LogP contribution in [0.2, 0.25) is 0 Å². The molecule has 1 saturated heterocycles. The van der Waals surface area contributed by atoms with Crippen molar-refractivity contribution in [3.63, 3.8) is 0 Å².